The first-order valence-electron chi connectivity index (χ1n) is 6.26. The third-order valence-corrected chi connectivity index (χ3v) is 3.74. The topological polar surface area (TPSA) is 66.6 Å². The highest BCUT2D eigenvalue weighted by Gasteiger charge is 2.46. The highest BCUT2D eigenvalue weighted by atomic mass is 16.3. The number of nitrogens with two attached hydrogens (primary N) is 1. The van der Waals surface area contributed by atoms with E-state index in [1.165, 1.54) is 0 Å². The zero-order valence-electron chi connectivity index (χ0n) is 10.8. The minimum absolute atomic E-state index is 0.119. The van der Waals surface area contributed by atoms with Crippen LogP contribution < -0.4 is 5.73 Å². The van der Waals surface area contributed by atoms with Gasteiger partial charge in [0.25, 0.3) is 0 Å². The van der Waals surface area contributed by atoms with Crippen LogP contribution in [0.4, 0.5) is 0 Å². The van der Waals surface area contributed by atoms with E-state index in [0.717, 1.165) is 5.56 Å². The molecule has 0 spiro atoms. The first-order valence-corrected chi connectivity index (χ1v) is 6.26. The van der Waals surface area contributed by atoms with E-state index in [-0.39, 0.29) is 11.8 Å². The fourth-order valence-electron chi connectivity index (χ4n) is 2.14. The summed E-state index contributed by atoms with van der Waals surface area (Å²) < 4.78 is 0. The van der Waals surface area contributed by atoms with Gasteiger partial charge in [0.1, 0.15) is 11.6 Å². The molecule has 0 bridgehead atoms. The molecule has 1 aromatic carbocycles. The normalized spacial score (nSPS) is 19.5. The molecule has 1 saturated heterocycles. The molecule has 3 N–H and O–H groups in total. The summed E-state index contributed by atoms with van der Waals surface area (Å²) in [5.74, 6) is 0.0287. The van der Waals surface area contributed by atoms with Gasteiger partial charge in [0.15, 0.2) is 0 Å². The van der Waals surface area contributed by atoms with Gasteiger partial charge in [-0.2, -0.15) is 0 Å². The van der Waals surface area contributed by atoms with E-state index < -0.39 is 11.6 Å². The number of carbonyl (C=O) groups excluding carboxylic acids is 1. The number of nitrogens with zero attached hydrogens (tertiary/aromatic N) is 1. The predicted octanol–water partition coefficient (Wildman–Crippen LogP) is 0.916. The number of carbonyl (C=O) groups is 1. The van der Waals surface area contributed by atoms with Crippen molar-refractivity contribution >= 4 is 5.91 Å². The van der Waals surface area contributed by atoms with Crippen LogP contribution in [-0.4, -0.2) is 34.6 Å². The molecule has 1 aromatic rings. The number of rotatable bonds is 3. The quantitative estimate of drug-likeness (QED) is 0.835. The first kappa shape index (κ1) is 13.1. The second-order valence-electron chi connectivity index (χ2n) is 5.34. The number of aliphatic hydroxyl groups is 1. The van der Waals surface area contributed by atoms with Crippen molar-refractivity contribution in [1.82, 2.24) is 4.90 Å². The molecule has 4 heteroatoms. The molecule has 18 heavy (non-hydrogen) atoms. The van der Waals surface area contributed by atoms with Gasteiger partial charge in [-0.3, -0.25) is 4.79 Å². The number of β-amino-alcohol motifs (C(OH)–C–C–N with tert-alkyl or cyclic N) is 1. The Hall–Kier alpha value is -1.39. The van der Waals surface area contributed by atoms with Crippen LogP contribution >= 0.6 is 0 Å². The van der Waals surface area contributed by atoms with Gasteiger partial charge >= 0.3 is 0 Å². The molecule has 98 valence electrons. The Morgan fingerprint density at radius 1 is 1.33 bits per heavy atom. The lowest BCUT2D eigenvalue weighted by Crippen LogP contribution is -2.67. The van der Waals surface area contributed by atoms with E-state index in [0.29, 0.717) is 13.1 Å². The largest absolute Gasteiger partial charge is 0.386 e. The van der Waals surface area contributed by atoms with Gasteiger partial charge in [-0.15, -0.1) is 0 Å². The van der Waals surface area contributed by atoms with Gasteiger partial charge in [0, 0.05) is 0 Å². The highest BCUT2D eigenvalue weighted by Crippen LogP contribution is 2.30. The zero-order valence-corrected chi connectivity index (χ0v) is 10.8. The molecule has 0 saturated carbocycles. The summed E-state index contributed by atoms with van der Waals surface area (Å²) in [6.45, 7) is 4.67. The summed E-state index contributed by atoms with van der Waals surface area (Å²) in [6.07, 6.45) is 0. The molecule has 0 aliphatic carbocycles. The molecule has 1 aliphatic heterocycles. The molecule has 4 nitrogen and oxygen atoms in total. The van der Waals surface area contributed by atoms with E-state index in [1.807, 2.05) is 44.2 Å². The average molecular weight is 248 g/mol. The Balaban J connectivity index is 1.99. The molecule has 1 aliphatic rings. The standard InChI is InChI=1S/C14H20N2O2/c1-10(2)14(18)8-16(9-14)13(17)12(15)11-6-4-3-5-7-11/h3-7,10,12,18H,8-9,15H2,1-2H3/t12-/m1/s1. The SMILES string of the molecule is CC(C)C1(O)CN(C(=O)[C@H](N)c2ccccc2)C1. The molecule has 1 heterocycles. The summed E-state index contributed by atoms with van der Waals surface area (Å²) in [7, 11) is 0. The maximum absolute atomic E-state index is 12.1. The Morgan fingerprint density at radius 3 is 2.39 bits per heavy atom. The number of benzene rings is 1. The number of likely N-dealkylation sites (tertiary alicyclic amines) is 1. The lowest BCUT2D eigenvalue weighted by Gasteiger charge is -2.49. The van der Waals surface area contributed by atoms with E-state index in [2.05, 4.69) is 0 Å². The van der Waals surface area contributed by atoms with Crippen LogP contribution in [0.15, 0.2) is 30.3 Å². The minimum Gasteiger partial charge on any atom is -0.386 e. The molecular weight excluding hydrogens is 228 g/mol. The van der Waals surface area contributed by atoms with Gasteiger partial charge in [-0.05, 0) is 11.5 Å². The smallest absolute Gasteiger partial charge is 0.244 e. The van der Waals surface area contributed by atoms with Crippen molar-refractivity contribution in [3.63, 3.8) is 0 Å². The monoisotopic (exact) mass is 248 g/mol. The third-order valence-electron chi connectivity index (χ3n) is 3.74. The molecule has 1 amide bonds. The van der Waals surface area contributed by atoms with Crippen molar-refractivity contribution < 1.29 is 9.90 Å². The second kappa shape index (κ2) is 4.71. The van der Waals surface area contributed by atoms with E-state index in [4.69, 9.17) is 5.73 Å². The lowest BCUT2D eigenvalue weighted by molar-refractivity contribution is -0.165. The molecule has 0 aromatic heterocycles. The van der Waals surface area contributed by atoms with Crippen molar-refractivity contribution in [2.75, 3.05) is 13.1 Å². The summed E-state index contributed by atoms with van der Waals surface area (Å²) in [4.78, 5) is 13.7. The first-order chi connectivity index (χ1) is 8.44. The highest BCUT2D eigenvalue weighted by molar-refractivity contribution is 5.84. The van der Waals surface area contributed by atoms with E-state index >= 15 is 0 Å². The zero-order chi connectivity index (χ0) is 13.3. The van der Waals surface area contributed by atoms with Crippen LogP contribution in [0.3, 0.4) is 0 Å². The molecule has 2 rings (SSSR count). The molecule has 1 fully saturated rings. The Bertz CT molecular complexity index is 425. The van der Waals surface area contributed by atoms with Crippen molar-refractivity contribution in [2.24, 2.45) is 11.7 Å². The van der Waals surface area contributed by atoms with Crippen LogP contribution in [0.1, 0.15) is 25.5 Å². The van der Waals surface area contributed by atoms with Crippen LogP contribution in [0, 0.1) is 5.92 Å². The van der Waals surface area contributed by atoms with Crippen molar-refractivity contribution in [3.8, 4) is 0 Å². The van der Waals surface area contributed by atoms with Crippen molar-refractivity contribution in [3.05, 3.63) is 35.9 Å². The van der Waals surface area contributed by atoms with Crippen LogP contribution in [0.2, 0.25) is 0 Å². The van der Waals surface area contributed by atoms with E-state index in [1.54, 1.807) is 4.90 Å². The number of amides is 1. The van der Waals surface area contributed by atoms with Crippen LogP contribution in [0.5, 0.6) is 0 Å². The summed E-state index contributed by atoms with van der Waals surface area (Å²) in [5.41, 5.74) is 6.00. The third kappa shape index (κ3) is 2.26. The summed E-state index contributed by atoms with van der Waals surface area (Å²) >= 11 is 0. The van der Waals surface area contributed by atoms with Crippen LogP contribution in [-0.2, 0) is 4.79 Å². The Labute approximate surface area is 107 Å². The molecule has 0 unspecified atom stereocenters. The Morgan fingerprint density at radius 2 is 1.89 bits per heavy atom. The van der Waals surface area contributed by atoms with Gasteiger partial charge < -0.3 is 15.7 Å². The average Bonchev–Trinajstić information content (AvgIpc) is 2.34. The minimum atomic E-state index is -0.744. The Kier molecular flexibility index (Phi) is 3.41. The number of hydrogen-bond acceptors (Lipinski definition) is 3. The molecule has 0 radical (unpaired) electrons. The maximum Gasteiger partial charge on any atom is 0.244 e. The summed E-state index contributed by atoms with van der Waals surface area (Å²) in [6, 6.07) is 8.67. The lowest BCUT2D eigenvalue weighted by atomic mass is 9.82. The fraction of sp³-hybridized carbons (Fsp3) is 0.500. The van der Waals surface area contributed by atoms with Gasteiger partial charge in [0.05, 0.1) is 13.1 Å². The molecule has 1 atom stereocenters. The second-order valence-corrected chi connectivity index (χ2v) is 5.34. The van der Waals surface area contributed by atoms with Crippen LogP contribution in [0.25, 0.3) is 0 Å². The van der Waals surface area contributed by atoms with Crippen molar-refractivity contribution in [2.45, 2.75) is 25.5 Å². The molecular formula is C14H20N2O2. The fourth-order valence-corrected chi connectivity index (χ4v) is 2.14. The van der Waals surface area contributed by atoms with Gasteiger partial charge in [-0.25, -0.2) is 0 Å². The van der Waals surface area contributed by atoms with Crippen molar-refractivity contribution in [1.29, 1.82) is 0 Å². The predicted molar refractivity (Wildman–Crippen MR) is 69.7 cm³/mol. The maximum atomic E-state index is 12.1. The van der Waals surface area contributed by atoms with E-state index in [9.17, 15) is 9.90 Å². The van der Waals surface area contributed by atoms with Gasteiger partial charge in [0.2, 0.25) is 5.91 Å². The summed E-state index contributed by atoms with van der Waals surface area (Å²) in [5, 5.41) is 10.1. The van der Waals surface area contributed by atoms with Gasteiger partial charge in [-0.1, -0.05) is 44.2 Å². The number of hydrogen-bond donors (Lipinski definition) is 2.